The summed E-state index contributed by atoms with van der Waals surface area (Å²) in [7, 11) is 0. The smallest absolute Gasteiger partial charge is 0.275 e. The monoisotopic (exact) mass is 345 g/mol. The molecule has 2 aromatic heterocycles. The van der Waals surface area contributed by atoms with Crippen molar-refractivity contribution in [2.45, 2.75) is 23.1 Å². The van der Waals surface area contributed by atoms with Gasteiger partial charge in [-0.1, -0.05) is 17.8 Å². The molecule has 1 aliphatic rings. The second-order valence-corrected chi connectivity index (χ2v) is 7.10. The fourth-order valence-electron chi connectivity index (χ4n) is 2.55. The Morgan fingerprint density at radius 1 is 1.33 bits per heavy atom. The number of pyridine rings is 1. The van der Waals surface area contributed by atoms with E-state index in [9.17, 15) is 14.4 Å². The number of aromatic nitrogens is 2. The van der Waals surface area contributed by atoms with E-state index in [-0.39, 0.29) is 23.5 Å². The van der Waals surface area contributed by atoms with Crippen LogP contribution in [-0.2, 0) is 11.2 Å². The molecule has 1 unspecified atom stereocenters. The van der Waals surface area contributed by atoms with Crippen LogP contribution in [0.3, 0.4) is 0 Å². The number of thioether (sulfide) groups is 1. The number of carbonyl (C=O) groups excluding carboxylic acids is 3. The first-order valence-corrected chi connectivity index (χ1v) is 7.89. The Morgan fingerprint density at radius 2 is 2.08 bits per heavy atom. The third kappa shape index (κ3) is 2.62. The molecule has 3 heterocycles. The number of rotatable bonds is 4. The van der Waals surface area contributed by atoms with E-state index in [1.807, 2.05) is 0 Å². The fraction of sp³-hybridized carbons (Fsp3) is 0.200. The van der Waals surface area contributed by atoms with Gasteiger partial charge in [0.05, 0.1) is 10.6 Å². The molecule has 6 N–H and O–H groups in total. The highest BCUT2D eigenvalue weighted by Crippen LogP contribution is 2.47. The Balaban J connectivity index is 1.94. The minimum absolute atomic E-state index is 0.159. The molecule has 0 aliphatic carbocycles. The van der Waals surface area contributed by atoms with Crippen LogP contribution in [0.15, 0.2) is 29.4 Å². The molecule has 1 atom stereocenters. The zero-order valence-electron chi connectivity index (χ0n) is 12.8. The summed E-state index contributed by atoms with van der Waals surface area (Å²) in [5, 5.41) is 3.21. The highest BCUT2D eigenvalue weighted by atomic mass is 32.2. The van der Waals surface area contributed by atoms with Gasteiger partial charge in [0.15, 0.2) is 0 Å². The summed E-state index contributed by atoms with van der Waals surface area (Å²) in [5.74, 6) is -1.45. The van der Waals surface area contributed by atoms with E-state index in [0.29, 0.717) is 10.6 Å². The highest BCUT2D eigenvalue weighted by Gasteiger charge is 2.43. The number of primary amides is 2. The van der Waals surface area contributed by atoms with E-state index < -0.39 is 22.5 Å². The molecule has 0 saturated carbocycles. The van der Waals surface area contributed by atoms with Gasteiger partial charge in [-0.15, -0.1) is 0 Å². The molecule has 1 aliphatic heterocycles. The number of H-pyrrole nitrogens is 1. The summed E-state index contributed by atoms with van der Waals surface area (Å²) in [6.07, 6.45) is 1.75. The molecule has 0 bridgehead atoms. The number of carbonyl (C=O) groups is 3. The molecule has 2 aromatic rings. The van der Waals surface area contributed by atoms with E-state index in [1.165, 1.54) is 18.0 Å². The quantitative estimate of drug-likeness (QED) is 0.643. The van der Waals surface area contributed by atoms with E-state index in [0.717, 1.165) is 0 Å². The number of hydrogen-bond acceptors (Lipinski definition) is 5. The molecule has 0 spiro atoms. The standard InChI is InChI=1S/C15H15N5O3S/c1-15(14(17)23)6-7-9(10(16)21)11(20-13(7)24-15)19-12(22)8-4-2-3-5-18-8/h2-5,20H,6H2,1H3,(H2,16,21)(H2,17,23)(H,19,22). The van der Waals surface area contributed by atoms with Gasteiger partial charge < -0.3 is 21.8 Å². The predicted octanol–water partition coefficient (Wildman–Crippen LogP) is 0.653. The third-order valence-corrected chi connectivity index (χ3v) is 5.16. The number of amides is 3. The molecule has 0 radical (unpaired) electrons. The average molecular weight is 345 g/mol. The summed E-state index contributed by atoms with van der Waals surface area (Å²) >= 11 is 1.22. The summed E-state index contributed by atoms with van der Waals surface area (Å²) in [5.41, 5.74) is 11.8. The first-order chi connectivity index (χ1) is 11.3. The van der Waals surface area contributed by atoms with Gasteiger partial charge >= 0.3 is 0 Å². The molecule has 9 heteroatoms. The second-order valence-electron chi connectivity index (χ2n) is 5.59. The van der Waals surface area contributed by atoms with E-state index >= 15 is 0 Å². The second kappa shape index (κ2) is 5.68. The van der Waals surface area contributed by atoms with Gasteiger partial charge in [0.2, 0.25) is 5.91 Å². The predicted molar refractivity (Wildman–Crippen MR) is 88.7 cm³/mol. The van der Waals surface area contributed by atoms with Gasteiger partial charge in [0.25, 0.3) is 11.8 Å². The van der Waals surface area contributed by atoms with Gasteiger partial charge in [-0.25, -0.2) is 0 Å². The lowest BCUT2D eigenvalue weighted by Crippen LogP contribution is -2.37. The maximum atomic E-state index is 12.2. The topological polar surface area (TPSA) is 144 Å². The SMILES string of the molecule is CC1(C(N)=O)Cc2c([nH]c(NC(=O)c3ccccn3)c2C(N)=O)S1. The van der Waals surface area contributed by atoms with E-state index in [4.69, 9.17) is 11.5 Å². The first kappa shape index (κ1) is 16.1. The number of nitrogens with two attached hydrogens (primary N) is 2. The molecule has 8 nitrogen and oxygen atoms in total. The van der Waals surface area contributed by atoms with Crippen molar-refractivity contribution in [1.82, 2.24) is 9.97 Å². The van der Waals surface area contributed by atoms with Crippen molar-refractivity contribution in [2.75, 3.05) is 5.32 Å². The Hall–Kier alpha value is -2.81. The largest absolute Gasteiger partial charge is 0.368 e. The number of nitrogens with zero attached hydrogens (tertiary/aromatic N) is 1. The molecular weight excluding hydrogens is 330 g/mol. The van der Waals surface area contributed by atoms with Crippen molar-refractivity contribution < 1.29 is 14.4 Å². The van der Waals surface area contributed by atoms with Crippen LogP contribution in [0, 0.1) is 0 Å². The van der Waals surface area contributed by atoms with Crippen LogP contribution in [0.1, 0.15) is 33.3 Å². The zero-order valence-corrected chi connectivity index (χ0v) is 13.6. The van der Waals surface area contributed by atoms with Gasteiger partial charge in [0, 0.05) is 11.8 Å². The normalized spacial score (nSPS) is 18.9. The van der Waals surface area contributed by atoms with Crippen molar-refractivity contribution in [2.24, 2.45) is 11.5 Å². The van der Waals surface area contributed by atoms with Crippen molar-refractivity contribution in [1.29, 1.82) is 0 Å². The molecule has 0 saturated heterocycles. The van der Waals surface area contributed by atoms with Crippen LogP contribution in [-0.4, -0.2) is 32.4 Å². The van der Waals surface area contributed by atoms with E-state index in [1.54, 1.807) is 25.1 Å². The fourth-order valence-corrected chi connectivity index (χ4v) is 3.77. The maximum Gasteiger partial charge on any atom is 0.275 e. The van der Waals surface area contributed by atoms with Crippen LogP contribution < -0.4 is 16.8 Å². The number of anilines is 1. The Morgan fingerprint density at radius 3 is 2.67 bits per heavy atom. The van der Waals surface area contributed by atoms with Crippen LogP contribution in [0.5, 0.6) is 0 Å². The number of hydrogen-bond donors (Lipinski definition) is 4. The highest BCUT2D eigenvalue weighted by molar-refractivity contribution is 8.01. The van der Waals surface area contributed by atoms with Crippen LogP contribution in [0.4, 0.5) is 5.82 Å². The molecule has 3 rings (SSSR count). The summed E-state index contributed by atoms with van der Waals surface area (Å²) < 4.78 is -0.852. The molecule has 3 amide bonds. The van der Waals surface area contributed by atoms with Gasteiger partial charge in [-0.3, -0.25) is 19.4 Å². The molecule has 24 heavy (non-hydrogen) atoms. The lowest BCUT2D eigenvalue weighted by atomic mass is 9.99. The third-order valence-electron chi connectivity index (χ3n) is 3.81. The summed E-state index contributed by atoms with van der Waals surface area (Å²) in [4.78, 5) is 42.6. The Kier molecular flexibility index (Phi) is 3.80. The average Bonchev–Trinajstić information content (AvgIpc) is 3.01. The molecular formula is C15H15N5O3S. The molecule has 0 fully saturated rings. The lowest BCUT2D eigenvalue weighted by molar-refractivity contribution is -0.119. The maximum absolute atomic E-state index is 12.2. The van der Waals surface area contributed by atoms with E-state index in [2.05, 4.69) is 15.3 Å². The minimum atomic E-state index is -0.852. The number of aromatic amines is 1. The Labute approximate surface area is 141 Å². The number of nitrogens with one attached hydrogen (secondary N) is 2. The molecule has 124 valence electrons. The van der Waals surface area contributed by atoms with Crippen LogP contribution >= 0.6 is 11.8 Å². The molecule has 0 aromatic carbocycles. The van der Waals surface area contributed by atoms with Gasteiger partial charge in [0.1, 0.15) is 16.3 Å². The zero-order chi connectivity index (χ0) is 17.5. The first-order valence-electron chi connectivity index (χ1n) is 7.08. The van der Waals surface area contributed by atoms with Crippen molar-refractivity contribution in [3.63, 3.8) is 0 Å². The summed E-state index contributed by atoms with van der Waals surface area (Å²) in [6, 6.07) is 4.92. The van der Waals surface area contributed by atoms with Gasteiger partial charge in [-0.05, 0) is 25.5 Å². The van der Waals surface area contributed by atoms with Crippen molar-refractivity contribution in [3.8, 4) is 0 Å². The van der Waals surface area contributed by atoms with Crippen molar-refractivity contribution in [3.05, 3.63) is 41.2 Å². The van der Waals surface area contributed by atoms with Crippen molar-refractivity contribution >= 4 is 35.3 Å². The Bertz CT molecular complexity index is 848. The van der Waals surface area contributed by atoms with Crippen LogP contribution in [0.25, 0.3) is 0 Å². The van der Waals surface area contributed by atoms with Crippen LogP contribution in [0.2, 0.25) is 0 Å². The minimum Gasteiger partial charge on any atom is -0.368 e. The summed E-state index contributed by atoms with van der Waals surface area (Å²) in [6.45, 7) is 1.70. The number of fused-ring (bicyclic) bond motifs is 1. The lowest BCUT2D eigenvalue weighted by Gasteiger charge is -2.18. The van der Waals surface area contributed by atoms with Gasteiger partial charge in [-0.2, -0.15) is 0 Å².